The normalized spacial score (nSPS) is 28.4. The van der Waals surface area contributed by atoms with E-state index in [0.29, 0.717) is 11.8 Å². The Morgan fingerprint density at radius 3 is 2.28 bits per heavy atom. The Morgan fingerprint density at radius 2 is 1.89 bits per heavy atom. The lowest BCUT2D eigenvalue weighted by Gasteiger charge is -2.53. The molecule has 0 saturated heterocycles. The first kappa shape index (κ1) is 15.5. The Labute approximate surface area is 114 Å². The van der Waals surface area contributed by atoms with Gasteiger partial charge in [-0.1, -0.05) is 71.8 Å². The van der Waals surface area contributed by atoms with Gasteiger partial charge in [0.05, 0.1) is 0 Å². The van der Waals surface area contributed by atoms with E-state index in [-0.39, 0.29) is 11.0 Å². The minimum atomic E-state index is -0.108. The van der Waals surface area contributed by atoms with E-state index in [4.69, 9.17) is 5.73 Å². The Bertz CT molecular complexity index is 316. The second-order valence-corrected chi connectivity index (χ2v) is 6.27. The summed E-state index contributed by atoms with van der Waals surface area (Å²) in [6.45, 7) is 11.4. The molecule has 18 heavy (non-hydrogen) atoms. The van der Waals surface area contributed by atoms with Gasteiger partial charge in [-0.15, -0.1) is 0 Å². The van der Waals surface area contributed by atoms with Gasteiger partial charge in [-0.05, 0) is 24.7 Å². The molecule has 2 N–H and O–H groups in total. The molecule has 0 saturated carbocycles. The Morgan fingerprint density at radius 1 is 1.22 bits per heavy atom. The zero-order valence-corrected chi connectivity index (χ0v) is 12.9. The lowest BCUT2D eigenvalue weighted by molar-refractivity contribution is 0.0574. The molecule has 0 aliphatic heterocycles. The summed E-state index contributed by atoms with van der Waals surface area (Å²) >= 11 is 0. The maximum Gasteiger partial charge on any atom is 0.0272 e. The first-order valence-electron chi connectivity index (χ1n) is 7.57. The van der Waals surface area contributed by atoms with Gasteiger partial charge in [-0.3, -0.25) is 0 Å². The Balaban J connectivity index is 3.19. The minimum absolute atomic E-state index is 0.108. The van der Waals surface area contributed by atoms with E-state index in [9.17, 15) is 0 Å². The monoisotopic (exact) mass is 249 g/mol. The smallest absolute Gasteiger partial charge is 0.0272 e. The molecule has 0 aromatic heterocycles. The van der Waals surface area contributed by atoms with Gasteiger partial charge in [-0.2, -0.15) is 0 Å². The van der Waals surface area contributed by atoms with E-state index < -0.39 is 0 Å². The molecule has 1 rings (SSSR count). The van der Waals surface area contributed by atoms with Crippen molar-refractivity contribution in [2.45, 2.75) is 65.8 Å². The van der Waals surface area contributed by atoms with Crippen LogP contribution in [0.4, 0.5) is 0 Å². The van der Waals surface area contributed by atoms with Crippen molar-refractivity contribution in [3.05, 3.63) is 24.3 Å². The van der Waals surface area contributed by atoms with Gasteiger partial charge in [0.2, 0.25) is 0 Å². The van der Waals surface area contributed by atoms with E-state index in [1.165, 1.54) is 12.8 Å². The first-order chi connectivity index (χ1) is 8.44. The van der Waals surface area contributed by atoms with Gasteiger partial charge < -0.3 is 5.73 Å². The summed E-state index contributed by atoms with van der Waals surface area (Å²) in [7, 11) is 0. The maximum atomic E-state index is 6.90. The molecule has 0 heterocycles. The van der Waals surface area contributed by atoms with Crippen LogP contribution in [0.2, 0.25) is 0 Å². The van der Waals surface area contributed by atoms with Crippen LogP contribution in [0, 0.1) is 17.3 Å². The highest BCUT2D eigenvalue weighted by molar-refractivity contribution is 5.24. The lowest BCUT2D eigenvalue weighted by atomic mass is 9.54. The first-order valence-corrected chi connectivity index (χ1v) is 7.57. The van der Waals surface area contributed by atoms with Crippen molar-refractivity contribution in [1.82, 2.24) is 0 Å². The van der Waals surface area contributed by atoms with E-state index >= 15 is 0 Å². The summed E-state index contributed by atoms with van der Waals surface area (Å²) in [6, 6.07) is 0. The van der Waals surface area contributed by atoms with Gasteiger partial charge in [0.15, 0.2) is 0 Å². The summed E-state index contributed by atoms with van der Waals surface area (Å²) in [5.41, 5.74) is 6.91. The van der Waals surface area contributed by atoms with Gasteiger partial charge in [0.1, 0.15) is 0 Å². The molecule has 0 amide bonds. The number of rotatable bonds is 6. The Hall–Kier alpha value is -0.560. The van der Waals surface area contributed by atoms with Crippen LogP contribution in [0.25, 0.3) is 0 Å². The minimum Gasteiger partial charge on any atom is -0.324 e. The van der Waals surface area contributed by atoms with E-state index in [1.807, 2.05) is 0 Å². The molecular formula is C17H31N. The molecule has 0 radical (unpaired) electrons. The van der Waals surface area contributed by atoms with Gasteiger partial charge >= 0.3 is 0 Å². The third kappa shape index (κ3) is 2.42. The van der Waals surface area contributed by atoms with Crippen LogP contribution in [0.1, 0.15) is 60.3 Å². The number of nitrogens with two attached hydrogens (primary N) is 1. The van der Waals surface area contributed by atoms with Crippen molar-refractivity contribution in [2.24, 2.45) is 23.0 Å². The van der Waals surface area contributed by atoms with E-state index in [2.05, 4.69) is 58.9 Å². The molecule has 104 valence electrons. The molecule has 1 heteroatoms. The third-order valence-electron chi connectivity index (χ3n) is 5.18. The molecule has 0 aromatic carbocycles. The number of allylic oxidation sites excluding steroid dienone is 3. The highest BCUT2D eigenvalue weighted by Gasteiger charge is 2.50. The van der Waals surface area contributed by atoms with Gasteiger partial charge in [0.25, 0.3) is 0 Å². The van der Waals surface area contributed by atoms with Crippen molar-refractivity contribution < 1.29 is 0 Å². The van der Waals surface area contributed by atoms with Crippen LogP contribution in [0.3, 0.4) is 0 Å². The fraction of sp³-hybridized carbons (Fsp3) is 0.765. The average Bonchev–Trinajstić information content (AvgIpc) is 2.38. The second kappa shape index (κ2) is 6.06. The summed E-state index contributed by atoms with van der Waals surface area (Å²) < 4.78 is 0. The molecule has 3 atom stereocenters. The Kier molecular flexibility index (Phi) is 5.21. The fourth-order valence-electron chi connectivity index (χ4n) is 3.77. The molecule has 0 bridgehead atoms. The largest absolute Gasteiger partial charge is 0.324 e. The predicted molar refractivity (Wildman–Crippen MR) is 81.4 cm³/mol. The van der Waals surface area contributed by atoms with E-state index in [1.54, 1.807) is 0 Å². The highest BCUT2D eigenvalue weighted by Crippen LogP contribution is 2.50. The summed E-state index contributed by atoms with van der Waals surface area (Å²) in [4.78, 5) is 0. The molecule has 0 fully saturated rings. The van der Waals surface area contributed by atoms with Crippen LogP contribution in [0.5, 0.6) is 0 Å². The molecular weight excluding hydrogens is 218 g/mol. The second-order valence-electron chi connectivity index (χ2n) is 6.27. The third-order valence-corrected chi connectivity index (χ3v) is 5.18. The summed E-state index contributed by atoms with van der Waals surface area (Å²) in [6.07, 6.45) is 13.7. The van der Waals surface area contributed by atoms with Gasteiger partial charge in [-0.25, -0.2) is 0 Å². The maximum absolute atomic E-state index is 6.90. The van der Waals surface area contributed by atoms with Crippen LogP contribution in [-0.2, 0) is 0 Å². The molecule has 0 aromatic rings. The van der Waals surface area contributed by atoms with Crippen LogP contribution < -0.4 is 5.73 Å². The quantitative estimate of drug-likeness (QED) is 0.726. The molecule has 1 aliphatic rings. The van der Waals surface area contributed by atoms with Crippen molar-refractivity contribution in [1.29, 1.82) is 0 Å². The molecule has 0 spiro atoms. The SMILES string of the molecule is CCCC(C)C1(C(N)(CC)C(C)C)C=CC=CC1. The lowest BCUT2D eigenvalue weighted by Crippen LogP contribution is -2.60. The highest BCUT2D eigenvalue weighted by atomic mass is 14.8. The van der Waals surface area contributed by atoms with Crippen molar-refractivity contribution in [2.75, 3.05) is 0 Å². The fourth-order valence-corrected chi connectivity index (χ4v) is 3.77. The average molecular weight is 249 g/mol. The van der Waals surface area contributed by atoms with E-state index in [0.717, 1.165) is 12.8 Å². The predicted octanol–water partition coefficient (Wildman–Crippen LogP) is 4.69. The standard InChI is InChI=1S/C17H31N/c1-6-11-15(5)16(12-9-8-10-13-16)17(18,7-2)14(3)4/h8-10,12,14-15H,6-7,11,13,18H2,1-5H3. The van der Waals surface area contributed by atoms with Crippen LogP contribution >= 0.6 is 0 Å². The summed E-state index contributed by atoms with van der Waals surface area (Å²) in [5, 5.41) is 0. The number of hydrogen-bond donors (Lipinski definition) is 1. The zero-order valence-electron chi connectivity index (χ0n) is 12.9. The van der Waals surface area contributed by atoms with Crippen molar-refractivity contribution in [3.8, 4) is 0 Å². The summed E-state index contributed by atoms with van der Waals surface area (Å²) in [5.74, 6) is 1.13. The van der Waals surface area contributed by atoms with Crippen LogP contribution in [-0.4, -0.2) is 5.54 Å². The molecule has 3 unspecified atom stereocenters. The number of hydrogen-bond acceptors (Lipinski definition) is 1. The van der Waals surface area contributed by atoms with Crippen molar-refractivity contribution >= 4 is 0 Å². The molecule has 1 nitrogen and oxygen atoms in total. The van der Waals surface area contributed by atoms with Crippen LogP contribution in [0.15, 0.2) is 24.3 Å². The van der Waals surface area contributed by atoms with Gasteiger partial charge in [0, 0.05) is 11.0 Å². The topological polar surface area (TPSA) is 26.0 Å². The molecule has 1 aliphatic carbocycles. The zero-order chi connectivity index (χ0) is 13.8. The van der Waals surface area contributed by atoms with Crippen molar-refractivity contribution in [3.63, 3.8) is 0 Å².